The Kier molecular flexibility index (Phi) is 5.53. The number of hydrogen-bond acceptors (Lipinski definition) is 3. The monoisotopic (exact) mass is 352 g/mol. The molecule has 0 spiro atoms. The number of carbonyl (C=O) groups is 2. The molecule has 0 saturated heterocycles. The Morgan fingerprint density at radius 3 is 2.62 bits per heavy atom. The van der Waals surface area contributed by atoms with Gasteiger partial charge < -0.3 is 21.3 Å². The molecule has 4 N–H and O–H groups in total. The summed E-state index contributed by atoms with van der Waals surface area (Å²) in [6, 6.07) is 13.2. The quantitative estimate of drug-likeness (QED) is 0.791. The Balaban J connectivity index is 1.68. The molecule has 3 rings (SSSR count). The Hall–Kier alpha value is -2.86. The predicted octanol–water partition coefficient (Wildman–Crippen LogP) is 2.87. The third-order valence-electron chi connectivity index (χ3n) is 4.53. The van der Waals surface area contributed by atoms with Gasteiger partial charge in [-0.2, -0.15) is 0 Å². The van der Waals surface area contributed by atoms with Crippen molar-refractivity contribution in [3.8, 4) is 0 Å². The van der Waals surface area contributed by atoms with E-state index >= 15 is 0 Å². The van der Waals surface area contributed by atoms with E-state index in [0.717, 1.165) is 28.1 Å². The van der Waals surface area contributed by atoms with Crippen molar-refractivity contribution in [2.24, 2.45) is 5.73 Å². The van der Waals surface area contributed by atoms with Crippen molar-refractivity contribution in [2.75, 3.05) is 23.7 Å². The van der Waals surface area contributed by atoms with E-state index in [-0.39, 0.29) is 11.9 Å². The summed E-state index contributed by atoms with van der Waals surface area (Å²) in [6.07, 6.45) is 1.08. The first kappa shape index (κ1) is 17.9. The number of nitrogens with one attached hydrogen (secondary N) is 2. The molecule has 0 radical (unpaired) electrons. The van der Waals surface area contributed by atoms with Crippen molar-refractivity contribution in [3.63, 3.8) is 0 Å². The second-order valence-electron chi connectivity index (χ2n) is 6.49. The van der Waals surface area contributed by atoms with Gasteiger partial charge in [-0.3, -0.25) is 4.79 Å². The van der Waals surface area contributed by atoms with Gasteiger partial charge in [-0.05, 0) is 42.7 Å². The largest absolute Gasteiger partial charge is 0.338 e. The lowest BCUT2D eigenvalue weighted by molar-refractivity contribution is -0.131. The highest BCUT2D eigenvalue weighted by Gasteiger charge is 2.22. The fourth-order valence-corrected chi connectivity index (χ4v) is 3.14. The molecule has 2 aromatic rings. The molecule has 3 amide bonds. The number of aryl methyl sites for hydroxylation is 1. The SMILES string of the molecule is Cc1ccc(NC(=O)Nc2cccc3c2CCN(C(=O)CCN)C3)cc1. The molecule has 0 aliphatic carbocycles. The second kappa shape index (κ2) is 8.01. The number of fused-ring (bicyclic) bond motifs is 1. The van der Waals surface area contributed by atoms with E-state index in [9.17, 15) is 9.59 Å². The third-order valence-corrected chi connectivity index (χ3v) is 4.53. The molecule has 26 heavy (non-hydrogen) atoms. The molecule has 6 nitrogen and oxygen atoms in total. The lowest BCUT2D eigenvalue weighted by Gasteiger charge is -2.30. The van der Waals surface area contributed by atoms with Crippen LogP contribution in [0.5, 0.6) is 0 Å². The van der Waals surface area contributed by atoms with E-state index in [1.54, 1.807) is 0 Å². The van der Waals surface area contributed by atoms with Crippen LogP contribution in [-0.4, -0.2) is 29.9 Å². The lowest BCUT2D eigenvalue weighted by atomic mass is 9.97. The van der Waals surface area contributed by atoms with Gasteiger partial charge in [-0.25, -0.2) is 4.79 Å². The van der Waals surface area contributed by atoms with Gasteiger partial charge in [-0.1, -0.05) is 29.8 Å². The van der Waals surface area contributed by atoms with Gasteiger partial charge in [0.25, 0.3) is 0 Å². The zero-order valence-electron chi connectivity index (χ0n) is 14.9. The normalized spacial score (nSPS) is 13.1. The highest BCUT2D eigenvalue weighted by atomic mass is 16.2. The summed E-state index contributed by atoms with van der Waals surface area (Å²) in [6.45, 7) is 3.57. The average Bonchev–Trinajstić information content (AvgIpc) is 2.63. The molecule has 1 aliphatic heterocycles. The minimum absolute atomic E-state index is 0.0774. The maximum atomic E-state index is 12.3. The summed E-state index contributed by atoms with van der Waals surface area (Å²) >= 11 is 0. The summed E-state index contributed by atoms with van der Waals surface area (Å²) in [7, 11) is 0. The average molecular weight is 352 g/mol. The van der Waals surface area contributed by atoms with E-state index in [4.69, 9.17) is 5.73 Å². The van der Waals surface area contributed by atoms with Crippen LogP contribution in [0.2, 0.25) is 0 Å². The molecule has 0 saturated carbocycles. The number of amides is 3. The zero-order chi connectivity index (χ0) is 18.5. The van der Waals surface area contributed by atoms with Crippen molar-refractivity contribution >= 4 is 23.3 Å². The maximum Gasteiger partial charge on any atom is 0.323 e. The van der Waals surface area contributed by atoms with Crippen LogP contribution < -0.4 is 16.4 Å². The summed E-state index contributed by atoms with van der Waals surface area (Å²) in [5.41, 5.74) is 10.3. The van der Waals surface area contributed by atoms with Crippen LogP contribution >= 0.6 is 0 Å². The third kappa shape index (κ3) is 4.21. The van der Waals surface area contributed by atoms with Gasteiger partial charge in [0, 0.05) is 37.4 Å². The van der Waals surface area contributed by atoms with Gasteiger partial charge in [-0.15, -0.1) is 0 Å². The first-order valence-corrected chi connectivity index (χ1v) is 8.80. The number of benzene rings is 2. The Morgan fingerprint density at radius 2 is 1.88 bits per heavy atom. The number of urea groups is 1. The maximum absolute atomic E-state index is 12.3. The molecule has 0 fully saturated rings. The first-order valence-electron chi connectivity index (χ1n) is 8.80. The van der Waals surface area contributed by atoms with Gasteiger partial charge in [0.1, 0.15) is 0 Å². The van der Waals surface area contributed by atoms with Crippen molar-refractivity contribution < 1.29 is 9.59 Å². The van der Waals surface area contributed by atoms with Gasteiger partial charge in [0.2, 0.25) is 5.91 Å². The van der Waals surface area contributed by atoms with Crippen LogP contribution in [0.1, 0.15) is 23.1 Å². The predicted molar refractivity (Wildman–Crippen MR) is 103 cm³/mol. The van der Waals surface area contributed by atoms with Gasteiger partial charge in [0.15, 0.2) is 0 Å². The number of anilines is 2. The molecule has 0 unspecified atom stereocenters. The van der Waals surface area contributed by atoms with E-state index in [0.29, 0.717) is 32.5 Å². The minimum Gasteiger partial charge on any atom is -0.338 e. The molecule has 0 bridgehead atoms. The fraction of sp³-hybridized carbons (Fsp3) is 0.300. The Morgan fingerprint density at radius 1 is 1.12 bits per heavy atom. The van der Waals surface area contributed by atoms with Gasteiger partial charge in [0.05, 0.1) is 0 Å². The smallest absolute Gasteiger partial charge is 0.323 e. The lowest BCUT2D eigenvalue weighted by Crippen LogP contribution is -2.37. The molecule has 0 atom stereocenters. The standard InChI is InChI=1S/C20H24N4O2/c1-14-5-7-16(8-6-14)22-20(26)23-18-4-2-3-15-13-24(12-10-17(15)18)19(25)9-11-21/h2-8H,9-13,21H2,1H3,(H2,22,23,26). The Labute approximate surface area is 153 Å². The number of nitrogens with two attached hydrogens (primary N) is 1. The van der Waals surface area contributed by atoms with Crippen LogP contribution in [0.25, 0.3) is 0 Å². The fourth-order valence-electron chi connectivity index (χ4n) is 3.14. The molecule has 136 valence electrons. The molecule has 1 aliphatic rings. The highest BCUT2D eigenvalue weighted by molar-refractivity contribution is 6.00. The van der Waals surface area contributed by atoms with Crippen LogP contribution in [0, 0.1) is 6.92 Å². The highest BCUT2D eigenvalue weighted by Crippen LogP contribution is 2.26. The molecule has 2 aromatic carbocycles. The molecule has 0 aromatic heterocycles. The summed E-state index contributed by atoms with van der Waals surface area (Å²) < 4.78 is 0. The topological polar surface area (TPSA) is 87.5 Å². The number of rotatable bonds is 4. The molecule has 1 heterocycles. The van der Waals surface area contributed by atoms with E-state index in [1.165, 1.54) is 0 Å². The first-order chi connectivity index (χ1) is 12.6. The zero-order valence-corrected chi connectivity index (χ0v) is 14.9. The van der Waals surface area contributed by atoms with Crippen molar-refractivity contribution in [2.45, 2.75) is 26.3 Å². The summed E-state index contributed by atoms with van der Waals surface area (Å²) in [4.78, 5) is 26.2. The van der Waals surface area contributed by atoms with Crippen molar-refractivity contribution in [1.82, 2.24) is 4.90 Å². The van der Waals surface area contributed by atoms with Crippen LogP contribution in [0.3, 0.4) is 0 Å². The van der Waals surface area contributed by atoms with Crippen molar-refractivity contribution in [1.29, 1.82) is 0 Å². The molecular formula is C20H24N4O2. The molecular weight excluding hydrogens is 328 g/mol. The van der Waals surface area contributed by atoms with E-state index in [2.05, 4.69) is 10.6 Å². The molecule has 6 heteroatoms. The number of nitrogens with zero attached hydrogens (tertiary/aromatic N) is 1. The summed E-state index contributed by atoms with van der Waals surface area (Å²) in [5, 5.41) is 5.77. The number of carbonyl (C=O) groups excluding carboxylic acids is 2. The second-order valence-corrected chi connectivity index (χ2v) is 6.49. The minimum atomic E-state index is -0.274. The van der Waals surface area contributed by atoms with E-state index < -0.39 is 0 Å². The van der Waals surface area contributed by atoms with Crippen molar-refractivity contribution in [3.05, 3.63) is 59.2 Å². The van der Waals surface area contributed by atoms with Gasteiger partial charge >= 0.3 is 6.03 Å². The number of hydrogen-bond donors (Lipinski definition) is 3. The van der Waals surface area contributed by atoms with E-state index in [1.807, 2.05) is 54.3 Å². The van der Waals surface area contributed by atoms with Crippen LogP contribution in [0.4, 0.5) is 16.2 Å². The Bertz CT molecular complexity index is 802. The van der Waals surface area contributed by atoms with Crippen LogP contribution in [0.15, 0.2) is 42.5 Å². The van der Waals surface area contributed by atoms with Crippen LogP contribution in [-0.2, 0) is 17.8 Å². The summed E-state index contributed by atoms with van der Waals surface area (Å²) in [5.74, 6) is 0.0774.